The summed E-state index contributed by atoms with van der Waals surface area (Å²) in [5, 5.41) is 18.6. The monoisotopic (exact) mass is 353 g/mol. The molecular formula is C6H3Cl4N3O2Zn. The van der Waals surface area contributed by atoms with E-state index in [0.717, 1.165) is 6.07 Å². The van der Waals surface area contributed by atoms with Gasteiger partial charge in [-0.1, -0.05) is 11.6 Å². The fourth-order valence-electron chi connectivity index (χ4n) is 0.690. The number of benzene rings is 1. The summed E-state index contributed by atoms with van der Waals surface area (Å²) in [6.07, 6.45) is 0. The van der Waals surface area contributed by atoms with E-state index in [-0.39, 0.29) is 73.1 Å². The Bertz CT molecular complexity index is 385. The van der Waals surface area contributed by atoms with Crippen molar-refractivity contribution in [2.75, 3.05) is 0 Å². The smallest absolute Gasteiger partial charge is 1.00 e. The van der Waals surface area contributed by atoms with Gasteiger partial charge < -0.3 is 37.2 Å². The van der Waals surface area contributed by atoms with E-state index in [1.165, 1.54) is 12.1 Å². The van der Waals surface area contributed by atoms with Gasteiger partial charge in [-0.3, -0.25) is 10.1 Å². The maximum Gasteiger partial charge on any atom is 2.00 e. The largest absolute Gasteiger partial charge is 2.00 e. The van der Waals surface area contributed by atoms with E-state index in [1.54, 1.807) is 0 Å². The van der Waals surface area contributed by atoms with Crippen LogP contribution in [0.25, 0.3) is 4.98 Å². The molecule has 0 aromatic heterocycles. The number of hydrogen-bond acceptors (Lipinski definition) is 3. The molecule has 0 fully saturated rings. The van der Waals surface area contributed by atoms with Crippen LogP contribution in [0.1, 0.15) is 0 Å². The minimum atomic E-state index is -0.576. The summed E-state index contributed by atoms with van der Waals surface area (Å²) in [6, 6.07) is 3.60. The molecule has 0 aliphatic rings. The summed E-state index contributed by atoms with van der Waals surface area (Å²) < 4.78 is 0. The number of rotatable bonds is 1. The SMILES string of the molecule is N#[N+]c1ccc([N+](=O)[O-])cc1Cl.[Cl-].[Cl-].[Cl-].[Zn+2]. The van der Waals surface area contributed by atoms with Crippen molar-refractivity contribution in [2.24, 2.45) is 0 Å². The van der Waals surface area contributed by atoms with Gasteiger partial charge in [0.15, 0.2) is 4.98 Å². The molecule has 16 heavy (non-hydrogen) atoms. The minimum Gasteiger partial charge on any atom is -1.00 e. The molecule has 0 saturated carbocycles. The topological polar surface area (TPSA) is 71.3 Å². The Morgan fingerprint density at radius 2 is 1.81 bits per heavy atom. The normalized spacial score (nSPS) is 6.75. The Labute approximate surface area is 128 Å². The third-order valence-corrected chi connectivity index (χ3v) is 1.55. The molecule has 0 spiro atoms. The number of hydrogen-bond donors (Lipinski definition) is 0. The van der Waals surface area contributed by atoms with E-state index in [1.807, 2.05) is 0 Å². The molecule has 0 saturated heterocycles. The third kappa shape index (κ3) is 6.42. The second kappa shape index (κ2) is 11.3. The third-order valence-electron chi connectivity index (χ3n) is 1.25. The molecule has 0 amide bonds. The van der Waals surface area contributed by atoms with Crippen LogP contribution < -0.4 is 37.2 Å². The number of nitro benzene ring substituents is 1. The summed E-state index contributed by atoms with van der Waals surface area (Å²) >= 11 is 5.52. The van der Waals surface area contributed by atoms with E-state index in [0.29, 0.717) is 0 Å². The number of halogens is 4. The van der Waals surface area contributed by atoms with Gasteiger partial charge in [0.25, 0.3) is 5.69 Å². The van der Waals surface area contributed by atoms with Crippen LogP contribution >= 0.6 is 11.6 Å². The fraction of sp³-hybridized carbons (Fsp3) is 0. The van der Waals surface area contributed by atoms with E-state index in [9.17, 15) is 10.1 Å². The van der Waals surface area contributed by atoms with Crippen molar-refractivity contribution in [3.8, 4) is 0 Å². The van der Waals surface area contributed by atoms with Crippen molar-refractivity contribution in [1.82, 2.24) is 0 Å². The van der Waals surface area contributed by atoms with Crippen molar-refractivity contribution < 1.29 is 61.6 Å². The first-order chi connectivity index (χ1) is 5.65. The summed E-state index contributed by atoms with van der Waals surface area (Å²) in [7, 11) is 0. The molecule has 1 aromatic carbocycles. The molecule has 0 radical (unpaired) electrons. The molecule has 0 heterocycles. The Balaban J connectivity index is -0.000000180. The van der Waals surface area contributed by atoms with Gasteiger partial charge in [-0.15, -0.1) is 0 Å². The molecule has 0 aliphatic carbocycles. The van der Waals surface area contributed by atoms with Gasteiger partial charge >= 0.3 is 25.2 Å². The van der Waals surface area contributed by atoms with Gasteiger partial charge in [-0.25, -0.2) is 0 Å². The number of diazo groups is 1. The molecule has 1 rings (SSSR count). The summed E-state index contributed by atoms with van der Waals surface area (Å²) in [5.74, 6) is 0. The molecule has 0 atom stereocenters. The molecule has 0 N–H and O–H groups in total. The summed E-state index contributed by atoms with van der Waals surface area (Å²) in [6.45, 7) is 0. The standard InChI is InChI=1S/C6H3ClN3O2.3ClH.Zn/c7-5-3-4(10(11)12)1-2-6(5)9-8;;;;/h1-3H;3*1H;/q+1;;;;+2/p-3. The Kier molecular flexibility index (Phi) is 17.6. The predicted octanol–water partition coefficient (Wildman–Crippen LogP) is -6.26. The molecular weight excluding hydrogens is 353 g/mol. The zero-order valence-corrected chi connectivity index (χ0v) is 13.6. The number of non-ortho nitro benzene ring substituents is 1. The minimum absolute atomic E-state index is 0. The van der Waals surface area contributed by atoms with Gasteiger partial charge in [0.2, 0.25) is 5.39 Å². The molecule has 1 aromatic rings. The van der Waals surface area contributed by atoms with Crippen LogP contribution in [0.3, 0.4) is 0 Å². The van der Waals surface area contributed by atoms with Crippen LogP contribution in [0.4, 0.5) is 11.4 Å². The maximum absolute atomic E-state index is 10.2. The Hall–Kier alpha value is -0.177. The molecule has 5 nitrogen and oxygen atoms in total. The number of nitro groups is 1. The Morgan fingerprint density at radius 1 is 1.31 bits per heavy atom. The second-order valence-electron chi connectivity index (χ2n) is 1.99. The quantitative estimate of drug-likeness (QED) is 0.218. The van der Waals surface area contributed by atoms with E-state index >= 15 is 0 Å². The first-order valence-corrected chi connectivity index (χ1v) is 3.32. The van der Waals surface area contributed by atoms with Gasteiger partial charge in [0.05, 0.1) is 4.92 Å². The molecule has 10 heteroatoms. The summed E-state index contributed by atoms with van der Waals surface area (Å²) in [5.41, 5.74) is -0.0188. The summed E-state index contributed by atoms with van der Waals surface area (Å²) in [4.78, 5) is 12.4. The van der Waals surface area contributed by atoms with Crippen molar-refractivity contribution in [2.45, 2.75) is 0 Å². The second-order valence-corrected chi connectivity index (χ2v) is 2.40. The Morgan fingerprint density at radius 3 is 2.12 bits per heavy atom. The van der Waals surface area contributed by atoms with Gasteiger partial charge in [-0.05, 0) is 0 Å². The zero-order chi connectivity index (χ0) is 9.14. The average Bonchev–Trinajstić information content (AvgIpc) is 2.04. The van der Waals surface area contributed by atoms with Crippen LogP contribution in [0.5, 0.6) is 0 Å². The molecule has 0 bridgehead atoms. The fourth-order valence-corrected chi connectivity index (χ4v) is 0.903. The molecule has 0 aliphatic heterocycles. The first kappa shape index (κ1) is 24.9. The van der Waals surface area contributed by atoms with E-state index < -0.39 is 4.92 Å². The average molecular weight is 356 g/mol. The zero-order valence-electron chi connectivity index (χ0n) is 7.61. The van der Waals surface area contributed by atoms with Gasteiger partial charge in [0, 0.05) is 18.2 Å². The maximum atomic E-state index is 10.2. The first-order valence-electron chi connectivity index (χ1n) is 2.94. The van der Waals surface area contributed by atoms with E-state index in [4.69, 9.17) is 17.0 Å². The van der Waals surface area contributed by atoms with Crippen LogP contribution in [0.2, 0.25) is 5.02 Å². The number of nitrogens with zero attached hydrogens (tertiary/aromatic N) is 3. The van der Waals surface area contributed by atoms with Crippen LogP contribution in [0.15, 0.2) is 18.2 Å². The van der Waals surface area contributed by atoms with E-state index in [2.05, 4.69) is 4.98 Å². The molecule has 84 valence electrons. The van der Waals surface area contributed by atoms with Crippen molar-refractivity contribution in [3.63, 3.8) is 0 Å². The van der Waals surface area contributed by atoms with Crippen LogP contribution in [0, 0.1) is 15.5 Å². The predicted molar refractivity (Wildman–Crippen MR) is 42.9 cm³/mol. The van der Waals surface area contributed by atoms with Crippen LogP contribution in [-0.2, 0) is 19.5 Å². The van der Waals surface area contributed by atoms with Crippen LogP contribution in [-0.4, -0.2) is 4.92 Å². The van der Waals surface area contributed by atoms with Crippen molar-refractivity contribution >= 4 is 23.0 Å². The van der Waals surface area contributed by atoms with Gasteiger partial charge in [0.1, 0.15) is 5.02 Å². The van der Waals surface area contributed by atoms with Crippen molar-refractivity contribution in [1.29, 1.82) is 5.39 Å². The van der Waals surface area contributed by atoms with Crippen molar-refractivity contribution in [3.05, 3.63) is 38.3 Å². The van der Waals surface area contributed by atoms with Gasteiger partial charge in [-0.2, -0.15) is 0 Å². The molecule has 0 unspecified atom stereocenters.